The molecule has 10 heteroatoms. The van der Waals surface area contributed by atoms with Crippen LogP contribution < -0.4 is 14.4 Å². The maximum atomic E-state index is 14.1. The minimum Gasteiger partial charge on any atom is -0.508 e. The number of aromatic hydroxyl groups is 1. The smallest absolute Gasteiger partial charge is 0.238 e. The number of phenols is 1. The second-order valence-corrected chi connectivity index (χ2v) is 11.9. The number of hydrogen-bond acceptors (Lipinski definition) is 7. The zero-order valence-electron chi connectivity index (χ0n) is 22.4. The lowest BCUT2D eigenvalue weighted by atomic mass is 9.59. The first kappa shape index (κ1) is 27.5. The summed E-state index contributed by atoms with van der Waals surface area (Å²) in [6, 6.07) is 7.91. The Morgan fingerprint density at radius 1 is 1.00 bits per heavy atom. The summed E-state index contributed by atoms with van der Waals surface area (Å²) < 4.78 is 11.4. The van der Waals surface area contributed by atoms with Crippen LogP contribution in [0.5, 0.6) is 17.2 Å². The number of phenolic OH excluding ortho intramolecular Hbond substituents is 1. The van der Waals surface area contributed by atoms with Crippen molar-refractivity contribution in [3.05, 3.63) is 79.8 Å². The van der Waals surface area contributed by atoms with Gasteiger partial charge in [0, 0.05) is 45.9 Å². The molecule has 1 N–H and O–H groups in total. The van der Waals surface area contributed by atoms with Gasteiger partial charge in [-0.05, 0) is 59.3 Å². The van der Waals surface area contributed by atoms with Gasteiger partial charge in [0.15, 0.2) is 11.6 Å². The molecule has 1 saturated heterocycles. The van der Waals surface area contributed by atoms with Gasteiger partial charge in [0.25, 0.3) is 0 Å². The molecule has 1 aliphatic heterocycles. The molecule has 0 unspecified atom stereocenters. The summed E-state index contributed by atoms with van der Waals surface area (Å²) in [6.07, 6.45) is 3.57. The molecule has 8 nitrogen and oxygen atoms in total. The normalized spacial score (nSPS) is 25.4. The number of amides is 2. The number of rotatable bonds is 4. The topological polar surface area (TPSA) is 110 Å². The summed E-state index contributed by atoms with van der Waals surface area (Å²) in [5.41, 5.74) is 2.98. The lowest BCUT2D eigenvalue weighted by Crippen LogP contribution is -2.39. The van der Waals surface area contributed by atoms with E-state index in [-0.39, 0.29) is 69.1 Å². The number of benzene rings is 2. The van der Waals surface area contributed by atoms with Gasteiger partial charge in [-0.15, -0.1) is 0 Å². The van der Waals surface area contributed by atoms with Gasteiger partial charge in [-0.2, -0.15) is 0 Å². The number of methoxy groups -OCH3 is 2. The highest BCUT2D eigenvalue weighted by Crippen LogP contribution is 2.58. The molecule has 4 aliphatic rings. The van der Waals surface area contributed by atoms with E-state index in [1.165, 1.54) is 37.3 Å². The number of fused-ring (bicyclic) bond motifs is 3. The van der Waals surface area contributed by atoms with Gasteiger partial charge in [0.05, 0.1) is 36.2 Å². The van der Waals surface area contributed by atoms with Crippen molar-refractivity contribution >= 4 is 56.6 Å². The molecule has 2 aromatic rings. The SMILES string of the molecule is COc1cc(O)cc(OC)c1[C@H]1C2=CC[C@@H]3C(=O)N(c4ccc(C)c(Cl)c4)C(=O)[C@@H]3[C@@H]2CC2=C1C(=O)C=C(Br)C2=O. The average Bonchev–Trinajstić information content (AvgIpc) is 3.21. The number of anilines is 1. The Balaban J connectivity index is 1.54. The quantitative estimate of drug-likeness (QED) is 0.274. The Morgan fingerprint density at radius 2 is 1.68 bits per heavy atom. The lowest BCUT2D eigenvalue weighted by Gasteiger charge is -2.42. The first-order valence-electron chi connectivity index (χ1n) is 13.0. The summed E-state index contributed by atoms with van der Waals surface area (Å²) in [6.45, 7) is 1.84. The fourth-order valence-corrected chi connectivity index (χ4v) is 7.34. The molecule has 1 fully saturated rings. The summed E-state index contributed by atoms with van der Waals surface area (Å²) >= 11 is 9.57. The number of ether oxygens (including phenoxy) is 2. The zero-order chi connectivity index (χ0) is 29.3. The van der Waals surface area contributed by atoms with Crippen LogP contribution in [-0.2, 0) is 19.2 Å². The molecule has 0 aromatic heterocycles. The number of Topliss-reactive ketones (excluding diaryl/α,β-unsaturated/α-hetero) is 1. The maximum absolute atomic E-state index is 14.1. The number of aryl methyl sites for hydroxylation is 1. The molecule has 0 radical (unpaired) electrons. The Bertz CT molecular complexity index is 1650. The summed E-state index contributed by atoms with van der Waals surface area (Å²) in [5, 5.41) is 10.8. The van der Waals surface area contributed by atoms with Gasteiger partial charge in [0.1, 0.15) is 17.2 Å². The molecular weight excluding hydrogens is 614 g/mol. The number of hydrogen-bond donors (Lipinski definition) is 1. The molecule has 2 amide bonds. The Labute approximate surface area is 249 Å². The lowest BCUT2D eigenvalue weighted by molar-refractivity contribution is -0.123. The number of nitrogens with zero attached hydrogens (tertiary/aromatic N) is 1. The standard InChI is InChI=1S/C31H25BrClNO7/c1-13-4-5-14(8-21(13)33)34-30(38)17-7-6-16-18(25(17)31(34)39)11-19-26(22(36)12-20(32)29(19)37)27(16)28-23(40-2)9-15(35)10-24(28)41-3/h4-6,8-10,12,17-18,25,27,35H,7,11H2,1-3H3/t17-,18+,25-,27-/m0/s1. The maximum Gasteiger partial charge on any atom is 0.238 e. The van der Waals surface area contributed by atoms with Crippen LogP contribution in [0.15, 0.2) is 63.7 Å². The highest BCUT2D eigenvalue weighted by molar-refractivity contribution is 9.12. The predicted molar refractivity (Wildman–Crippen MR) is 154 cm³/mol. The summed E-state index contributed by atoms with van der Waals surface area (Å²) in [5.74, 6) is -3.67. The van der Waals surface area contributed by atoms with Crippen molar-refractivity contribution in [2.24, 2.45) is 17.8 Å². The Morgan fingerprint density at radius 3 is 2.32 bits per heavy atom. The van der Waals surface area contributed by atoms with Crippen molar-refractivity contribution in [3.8, 4) is 17.2 Å². The van der Waals surface area contributed by atoms with Crippen LogP contribution in [0.2, 0.25) is 5.02 Å². The molecule has 41 heavy (non-hydrogen) atoms. The molecule has 2 aromatic carbocycles. The van der Waals surface area contributed by atoms with E-state index in [0.29, 0.717) is 16.3 Å². The Hall–Kier alpha value is -3.69. The van der Waals surface area contributed by atoms with Gasteiger partial charge in [-0.1, -0.05) is 29.3 Å². The third-order valence-corrected chi connectivity index (χ3v) is 9.56. The van der Waals surface area contributed by atoms with Crippen LogP contribution in [0.3, 0.4) is 0 Å². The van der Waals surface area contributed by atoms with E-state index in [1.807, 2.05) is 13.0 Å². The van der Waals surface area contributed by atoms with E-state index >= 15 is 0 Å². The number of halogens is 2. The number of ketones is 2. The van der Waals surface area contributed by atoms with Gasteiger partial charge >= 0.3 is 0 Å². The summed E-state index contributed by atoms with van der Waals surface area (Å²) in [7, 11) is 2.87. The van der Waals surface area contributed by atoms with Crippen LogP contribution >= 0.6 is 27.5 Å². The number of carbonyl (C=O) groups excluding carboxylic acids is 4. The highest BCUT2D eigenvalue weighted by atomic mass is 79.9. The van der Waals surface area contributed by atoms with Crippen molar-refractivity contribution < 1.29 is 33.8 Å². The van der Waals surface area contributed by atoms with Crippen molar-refractivity contribution in [2.45, 2.75) is 25.7 Å². The highest BCUT2D eigenvalue weighted by Gasteiger charge is 2.57. The van der Waals surface area contributed by atoms with E-state index in [1.54, 1.807) is 18.2 Å². The number of imide groups is 1. The van der Waals surface area contributed by atoms with E-state index < -0.39 is 23.7 Å². The van der Waals surface area contributed by atoms with E-state index in [4.69, 9.17) is 21.1 Å². The summed E-state index contributed by atoms with van der Waals surface area (Å²) in [4.78, 5) is 56.0. The number of allylic oxidation sites excluding steroid dienone is 6. The Kier molecular flexibility index (Phi) is 6.70. The fraction of sp³-hybridized carbons (Fsp3) is 0.290. The first-order valence-corrected chi connectivity index (χ1v) is 14.2. The third-order valence-electron chi connectivity index (χ3n) is 8.56. The van der Waals surface area contributed by atoms with Gasteiger partial charge in [-0.3, -0.25) is 19.2 Å². The van der Waals surface area contributed by atoms with Crippen LogP contribution in [0.4, 0.5) is 5.69 Å². The zero-order valence-corrected chi connectivity index (χ0v) is 24.7. The third kappa shape index (κ3) is 4.08. The fourth-order valence-electron chi connectivity index (χ4n) is 6.72. The van der Waals surface area contributed by atoms with Gasteiger partial charge in [-0.25, -0.2) is 4.90 Å². The molecule has 0 spiro atoms. The van der Waals surface area contributed by atoms with Crippen LogP contribution in [-0.4, -0.2) is 42.7 Å². The first-order chi connectivity index (χ1) is 19.6. The molecule has 1 heterocycles. The average molecular weight is 639 g/mol. The molecular formula is C31H25BrClNO7. The predicted octanol–water partition coefficient (Wildman–Crippen LogP) is 5.34. The van der Waals surface area contributed by atoms with Crippen molar-refractivity contribution in [1.29, 1.82) is 0 Å². The van der Waals surface area contributed by atoms with Crippen molar-refractivity contribution in [2.75, 3.05) is 19.1 Å². The van der Waals surface area contributed by atoms with Crippen molar-refractivity contribution in [1.82, 2.24) is 0 Å². The van der Waals surface area contributed by atoms with E-state index in [2.05, 4.69) is 15.9 Å². The van der Waals surface area contributed by atoms with E-state index in [9.17, 15) is 24.3 Å². The molecule has 4 atom stereocenters. The van der Waals surface area contributed by atoms with Crippen LogP contribution in [0.1, 0.15) is 29.9 Å². The van der Waals surface area contributed by atoms with Crippen LogP contribution in [0.25, 0.3) is 0 Å². The number of carbonyl (C=O) groups is 4. The molecule has 6 rings (SSSR count). The van der Waals surface area contributed by atoms with Gasteiger partial charge < -0.3 is 14.6 Å². The second kappa shape index (κ2) is 9.99. The molecule has 0 bridgehead atoms. The largest absolute Gasteiger partial charge is 0.508 e. The van der Waals surface area contributed by atoms with Gasteiger partial charge in [0.2, 0.25) is 11.8 Å². The molecule has 3 aliphatic carbocycles. The van der Waals surface area contributed by atoms with Crippen molar-refractivity contribution in [3.63, 3.8) is 0 Å². The minimum absolute atomic E-state index is 0.0978. The van der Waals surface area contributed by atoms with E-state index in [0.717, 1.165) is 11.1 Å². The second-order valence-electron chi connectivity index (χ2n) is 10.6. The molecule has 0 saturated carbocycles. The minimum atomic E-state index is -0.797. The monoisotopic (exact) mass is 637 g/mol. The van der Waals surface area contributed by atoms with Crippen LogP contribution in [0, 0.1) is 24.7 Å². The molecule has 210 valence electrons.